The van der Waals surface area contributed by atoms with Gasteiger partial charge in [-0.3, -0.25) is 0 Å². The first-order valence-corrected chi connectivity index (χ1v) is 7.30. The molecule has 1 fully saturated rings. The second kappa shape index (κ2) is 7.36. The van der Waals surface area contributed by atoms with Gasteiger partial charge in [0, 0.05) is 6.54 Å². The van der Waals surface area contributed by atoms with Gasteiger partial charge >= 0.3 is 12.0 Å². The van der Waals surface area contributed by atoms with Crippen molar-refractivity contribution < 1.29 is 14.7 Å². The fourth-order valence-electron chi connectivity index (χ4n) is 2.80. The van der Waals surface area contributed by atoms with Crippen LogP contribution in [0.2, 0.25) is 0 Å². The summed E-state index contributed by atoms with van der Waals surface area (Å²) in [7, 11) is 0. The molecule has 1 rings (SSSR count). The Hall–Kier alpha value is -1.26. The molecule has 110 valence electrons. The molecule has 5 nitrogen and oxygen atoms in total. The Morgan fingerprint density at radius 2 is 1.89 bits per heavy atom. The third kappa shape index (κ3) is 4.73. The summed E-state index contributed by atoms with van der Waals surface area (Å²) in [4.78, 5) is 22.7. The van der Waals surface area contributed by atoms with Gasteiger partial charge in [-0.15, -0.1) is 0 Å². The summed E-state index contributed by atoms with van der Waals surface area (Å²) in [5, 5.41) is 14.4. The Morgan fingerprint density at radius 3 is 2.37 bits per heavy atom. The number of urea groups is 1. The summed E-state index contributed by atoms with van der Waals surface area (Å²) in [5.74, 6) is -0.969. The quantitative estimate of drug-likeness (QED) is 0.665. The van der Waals surface area contributed by atoms with Crippen LogP contribution in [0.3, 0.4) is 0 Å². The molecule has 0 radical (unpaired) electrons. The molecule has 0 spiro atoms. The van der Waals surface area contributed by atoms with Crippen molar-refractivity contribution in [1.82, 2.24) is 10.6 Å². The Morgan fingerprint density at radius 1 is 1.26 bits per heavy atom. The number of carboxylic acids is 1. The first-order chi connectivity index (χ1) is 9.03. The normalized spacial score (nSPS) is 18.8. The summed E-state index contributed by atoms with van der Waals surface area (Å²) in [6.07, 6.45) is 7.01. The molecule has 1 atom stereocenters. The molecule has 0 aromatic heterocycles. The van der Waals surface area contributed by atoms with Crippen molar-refractivity contribution in [3.8, 4) is 0 Å². The molecule has 2 amide bonds. The van der Waals surface area contributed by atoms with E-state index in [1.54, 1.807) is 0 Å². The second-order valence-electron chi connectivity index (χ2n) is 5.57. The zero-order valence-electron chi connectivity index (χ0n) is 12.0. The molecule has 0 aliphatic heterocycles. The van der Waals surface area contributed by atoms with E-state index in [2.05, 4.69) is 17.6 Å². The predicted molar refractivity (Wildman–Crippen MR) is 74.1 cm³/mol. The van der Waals surface area contributed by atoms with Gasteiger partial charge in [-0.25, -0.2) is 9.59 Å². The zero-order valence-corrected chi connectivity index (χ0v) is 12.0. The Kier molecular flexibility index (Phi) is 6.12. The number of carboxylic acid groups (broad SMARTS) is 1. The summed E-state index contributed by atoms with van der Waals surface area (Å²) in [6, 6.07) is -1.15. The van der Waals surface area contributed by atoms with E-state index in [0.717, 1.165) is 25.7 Å². The zero-order chi connectivity index (χ0) is 14.3. The number of rotatable bonds is 7. The maximum Gasteiger partial charge on any atom is 0.326 e. The van der Waals surface area contributed by atoms with Gasteiger partial charge in [-0.1, -0.05) is 33.1 Å². The fourth-order valence-corrected chi connectivity index (χ4v) is 2.80. The topological polar surface area (TPSA) is 78.4 Å². The third-order valence-electron chi connectivity index (χ3n) is 4.22. The van der Waals surface area contributed by atoms with Crippen LogP contribution in [0.25, 0.3) is 0 Å². The van der Waals surface area contributed by atoms with Crippen LogP contribution in [0, 0.1) is 5.41 Å². The van der Waals surface area contributed by atoms with E-state index in [9.17, 15) is 9.59 Å². The average molecular weight is 270 g/mol. The van der Waals surface area contributed by atoms with Crippen LogP contribution < -0.4 is 10.6 Å². The molecule has 0 unspecified atom stereocenters. The minimum absolute atomic E-state index is 0.223. The van der Waals surface area contributed by atoms with E-state index in [1.807, 2.05) is 6.92 Å². The van der Waals surface area contributed by atoms with Gasteiger partial charge in [-0.2, -0.15) is 0 Å². The van der Waals surface area contributed by atoms with Gasteiger partial charge < -0.3 is 15.7 Å². The fraction of sp³-hybridized carbons (Fsp3) is 0.857. The SMILES string of the molecule is CCC[C@H](NC(=O)NCC1(CC)CCCC1)C(=O)O. The Bertz CT molecular complexity index is 312. The van der Waals surface area contributed by atoms with Crippen LogP contribution >= 0.6 is 0 Å². The highest BCUT2D eigenvalue weighted by Crippen LogP contribution is 2.40. The number of amides is 2. The molecule has 0 aromatic rings. The lowest BCUT2D eigenvalue weighted by Gasteiger charge is -2.28. The summed E-state index contributed by atoms with van der Waals surface area (Å²) >= 11 is 0. The number of nitrogens with one attached hydrogen (secondary N) is 2. The van der Waals surface area contributed by atoms with E-state index in [0.29, 0.717) is 13.0 Å². The van der Waals surface area contributed by atoms with E-state index < -0.39 is 12.0 Å². The molecule has 0 heterocycles. The van der Waals surface area contributed by atoms with Gasteiger partial charge in [0.05, 0.1) is 0 Å². The summed E-state index contributed by atoms with van der Waals surface area (Å²) in [5.41, 5.74) is 0.223. The Balaban J connectivity index is 2.39. The van der Waals surface area contributed by atoms with Crippen LogP contribution in [-0.2, 0) is 4.79 Å². The predicted octanol–water partition coefficient (Wildman–Crippen LogP) is 2.51. The molecule has 1 aliphatic rings. The molecule has 3 N–H and O–H groups in total. The molecule has 0 saturated heterocycles. The summed E-state index contributed by atoms with van der Waals surface area (Å²) < 4.78 is 0. The van der Waals surface area contributed by atoms with Crippen molar-refractivity contribution in [3.05, 3.63) is 0 Å². The average Bonchev–Trinajstić information content (AvgIpc) is 2.85. The smallest absolute Gasteiger partial charge is 0.326 e. The number of carbonyl (C=O) groups is 2. The monoisotopic (exact) mass is 270 g/mol. The number of carbonyl (C=O) groups excluding carboxylic acids is 1. The lowest BCUT2D eigenvalue weighted by molar-refractivity contribution is -0.139. The molecule has 5 heteroatoms. The van der Waals surface area contributed by atoms with Crippen LogP contribution in [0.5, 0.6) is 0 Å². The minimum Gasteiger partial charge on any atom is -0.480 e. The van der Waals surface area contributed by atoms with Crippen molar-refractivity contribution in [2.75, 3.05) is 6.54 Å². The third-order valence-corrected chi connectivity index (χ3v) is 4.22. The van der Waals surface area contributed by atoms with Gasteiger partial charge in [0.1, 0.15) is 6.04 Å². The van der Waals surface area contributed by atoms with Gasteiger partial charge in [0.15, 0.2) is 0 Å². The van der Waals surface area contributed by atoms with Gasteiger partial charge in [-0.05, 0) is 31.1 Å². The van der Waals surface area contributed by atoms with E-state index in [1.165, 1.54) is 12.8 Å². The second-order valence-corrected chi connectivity index (χ2v) is 5.57. The minimum atomic E-state index is -0.969. The van der Waals surface area contributed by atoms with Crippen molar-refractivity contribution in [1.29, 1.82) is 0 Å². The van der Waals surface area contributed by atoms with E-state index >= 15 is 0 Å². The highest BCUT2D eigenvalue weighted by molar-refractivity contribution is 5.82. The van der Waals surface area contributed by atoms with Crippen molar-refractivity contribution in [2.45, 2.75) is 64.8 Å². The first-order valence-electron chi connectivity index (χ1n) is 7.30. The lowest BCUT2D eigenvalue weighted by atomic mass is 9.83. The molecule has 1 saturated carbocycles. The summed E-state index contributed by atoms with van der Waals surface area (Å²) in [6.45, 7) is 4.70. The highest BCUT2D eigenvalue weighted by Gasteiger charge is 2.32. The maximum absolute atomic E-state index is 11.8. The molecule has 1 aliphatic carbocycles. The number of aliphatic carboxylic acids is 1. The Labute approximate surface area is 115 Å². The lowest BCUT2D eigenvalue weighted by Crippen LogP contribution is -2.48. The molecule has 19 heavy (non-hydrogen) atoms. The van der Waals surface area contributed by atoms with Crippen molar-refractivity contribution in [3.63, 3.8) is 0 Å². The van der Waals surface area contributed by atoms with Gasteiger partial charge in [0.2, 0.25) is 0 Å². The molecule has 0 aromatic carbocycles. The first kappa shape index (κ1) is 15.8. The van der Waals surface area contributed by atoms with Crippen LogP contribution in [-0.4, -0.2) is 29.7 Å². The van der Waals surface area contributed by atoms with Crippen LogP contribution in [0.1, 0.15) is 58.8 Å². The maximum atomic E-state index is 11.8. The number of hydrogen-bond acceptors (Lipinski definition) is 2. The molecular formula is C14H26N2O3. The largest absolute Gasteiger partial charge is 0.480 e. The number of hydrogen-bond donors (Lipinski definition) is 3. The standard InChI is InChI=1S/C14H26N2O3/c1-3-7-11(12(17)18)16-13(19)15-10-14(4-2)8-5-6-9-14/h11H,3-10H2,1-2H3,(H,17,18)(H2,15,16,19)/t11-/m0/s1. The van der Waals surface area contributed by atoms with E-state index in [-0.39, 0.29) is 11.4 Å². The highest BCUT2D eigenvalue weighted by atomic mass is 16.4. The molecular weight excluding hydrogens is 244 g/mol. The van der Waals surface area contributed by atoms with Crippen molar-refractivity contribution in [2.24, 2.45) is 5.41 Å². The van der Waals surface area contributed by atoms with Crippen molar-refractivity contribution >= 4 is 12.0 Å². The van der Waals surface area contributed by atoms with Crippen LogP contribution in [0.15, 0.2) is 0 Å². The van der Waals surface area contributed by atoms with E-state index in [4.69, 9.17) is 5.11 Å². The molecule has 0 bridgehead atoms. The van der Waals surface area contributed by atoms with Crippen LogP contribution in [0.4, 0.5) is 4.79 Å². The van der Waals surface area contributed by atoms with Gasteiger partial charge in [0.25, 0.3) is 0 Å².